The monoisotopic (exact) mass is 246 g/mol. The average Bonchev–Trinajstić information content (AvgIpc) is 2.85. The van der Waals surface area contributed by atoms with Crippen LogP contribution in [0.4, 0.5) is 0 Å². The van der Waals surface area contributed by atoms with Crippen LogP contribution in [-0.2, 0) is 6.54 Å². The molecular weight excluding hydrogens is 228 g/mol. The van der Waals surface area contributed by atoms with Crippen LogP contribution in [0, 0.1) is 0 Å². The van der Waals surface area contributed by atoms with Crippen LogP contribution in [0.1, 0.15) is 18.4 Å². The zero-order chi connectivity index (χ0) is 11.5. The Morgan fingerprint density at radius 3 is 3.24 bits per heavy atom. The number of benzene rings is 1. The van der Waals surface area contributed by atoms with Crippen molar-refractivity contribution in [1.29, 1.82) is 0 Å². The van der Waals surface area contributed by atoms with Crippen LogP contribution in [0.5, 0.6) is 0 Å². The van der Waals surface area contributed by atoms with Crippen LogP contribution in [0.3, 0.4) is 0 Å². The van der Waals surface area contributed by atoms with Gasteiger partial charge in [0.15, 0.2) is 0 Å². The molecule has 1 aromatic carbocycles. The molecule has 0 saturated carbocycles. The van der Waals surface area contributed by atoms with Gasteiger partial charge >= 0.3 is 0 Å². The van der Waals surface area contributed by atoms with Gasteiger partial charge in [-0.25, -0.2) is 0 Å². The SMILES string of the molecule is c1cc2cc(CNC3CCCSC3)ccc2[nH]1. The molecule has 90 valence electrons. The van der Waals surface area contributed by atoms with E-state index in [4.69, 9.17) is 0 Å². The van der Waals surface area contributed by atoms with Gasteiger partial charge in [-0.1, -0.05) is 6.07 Å². The van der Waals surface area contributed by atoms with Gasteiger partial charge in [-0.15, -0.1) is 0 Å². The van der Waals surface area contributed by atoms with Crippen LogP contribution in [0.2, 0.25) is 0 Å². The molecule has 1 aliphatic rings. The molecule has 2 N–H and O–H groups in total. The first-order valence-corrected chi connectivity index (χ1v) is 7.44. The molecular formula is C14H18N2S. The zero-order valence-electron chi connectivity index (χ0n) is 9.91. The van der Waals surface area contributed by atoms with E-state index in [-0.39, 0.29) is 0 Å². The van der Waals surface area contributed by atoms with Gasteiger partial charge in [-0.05, 0) is 47.7 Å². The molecule has 2 heterocycles. The molecule has 0 radical (unpaired) electrons. The van der Waals surface area contributed by atoms with Crippen molar-refractivity contribution < 1.29 is 0 Å². The number of hydrogen-bond acceptors (Lipinski definition) is 2. The van der Waals surface area contributed by atoms with Crippen LogP contribution >= 0.6 is 11.8 Å². The standard InChI is InChI=1S/C14H18N2S/c1-2-13(10-17-7-1)16-9-11-3-4-14-12(8-11)5-6-15-14/h3-6,8,13,15-16H,1-2,7,9-10H2. The zero-order valence-corrected chi connectivity index (χ0v) is 10.7. The maximum atomic E-state index is 3.66. The summed E-state index contributed by atoms with van der Waals surface area (Å²) in [4.78, 5) is 3.23. The Balaban J connectivity index is 1.63. The van der Waals surface area contributed by atoms with E-state index in [1.54, 1.807) is 0 Å². The highest BCUT2D eigenvalue weighted by Crippen LogP contribution is 2.18. The lowest BCUT2D eigenvalue weighted by atomic mass is 10.1. The van der Waals surface area contributed by atoms with E-state index in [9.17, 15) is 0 Å². The predicted molar refractivity (Wildman–Crippen MR) is 75.5 cm³/mol. The minimum Gasteiger partial charge on any atom is -0.361 e. The molecule has 2 nitrogen and oxygen atoms in total. The normalized spacial score (nSPS) is 20.8. The second-order valence-electron chi connectivity index (χ2n) is 4.69. The van der Waals surface area contributed by atoms with Crippen molar-refractivity contribution in [3.63, 3.8) is 0 Å². The fourth-order valence-electron chi connectivity index (χ4n) is 2.38. The molecule has 0 bridgehead atoms. The number of fused-ring (bicyclic) bond motifs is 1. The Bertz CT molecular complexity index is 486. The molecule has 17 heavy (non-hydrogen) atoms. The number of aromatic amines is 1. The third kappa shape index (κ3) is 2.67. The summed E-state index contributed by atoms with van der Waals surface area (Å²) in [6.45, 7) is 0.992. The second-order valence-corrected chi connectivity index (χ2v) is 5.84. The molecule has 2 aromatic rings. The summed E-state index contributed by atoms with van der Waals surface area (Å²) >= 11 is 2.07. The molecule has 0 spiro atoms. The molecule has 1 fully saturated rings. The summed E-state index contributed by atoms with van der Waals surface area (Å²) in [7, 11) is 0. The van der Waals surface area contributed by atoms with Gasteiger partial charge in [0.2, 0.25) is 0 Å². The quantitative estimate of drug-likeness (QED) is 0.870. The van der Waals surface area contributed by atoms with E-state index in [0.29, 0.717) is 6.04 Å². The number of hydrogen-bond donors (Lipinski definition) is 2. The number of thioether (sulfide) groups is 1. The molecule has 1 aliphatic heterocycles. The smallest absolute Gasteiger partial charge is 0.0454 e. The molecule has 1 atom stereocenters. The molecule has 0 amide bonds. The lowest BCUT2D eigenvalue weighted by Gasteiger charge is -2.22. The Labute approximate surface area is 106 Å². The second kappa shape index (κ2) is 5.15. The Morgan fingerprint density at radius 2 is 2.35 bits per heavy atom. The van der Waals surface area contributed by atoms with Gasteiger partial charge in [-0.2, -0.15) is 11.8 Å². The Kier molecular flexibility index (Phi) is 3.39. The van der Waals surface area contributed by atoms with Crippen molar-refractivity contribution in [2.24, 2.45) is 0 Å². The average molecular weight is 246 g/mol. The first-order chi connectivity index (χ1) is 8.42. The van der Waals surface area contributed by atoms with Gasteiger partial charge < -0.3 is 10.3 Å². The van der Waals surface area contributed by atoms with Crippen molar-refractivity contribution in [2.45, 2.75) is 25.4 Å². The lowest BCUT2D eigenvalue weighted by Crippen LogP contribution is -2.33. The van der Waals surface area contributed by atoms with Crippen molar-refractivity contribution in [2.75, 3.05) is 11.5 Å². The van der Waals surface area contributed by atoms with Crippen molar-refractivity contribution >= 4 is 22.7 Å². The molecule has 0 aliphatic carbocycles. The van der Waals surface area contributed by atoms with Crippen LogP contribution in [0.25, 0.3) is 10.9 Å². The third-order valence-corrected chi connectivity index (χ3v) is 4.59. The Hall–Kier alpha value is -0.930. The van der Waals surface area contributed by atoms with Crippen molar-refractivity contribution in [3.8, 4) is 0 Å². The minimum atomic E-state index is 0.704. The van der Waals surface area contributed by atoms with Crippen LogP contribution in [-0.4, -0.2) is 22.5 Å². The summed E-state index contributed by atoms with van der Waals surface area (Å²) in [6.07, 6.45) is 4.69. The molecule has 1 saturated heterocycles. The maximum absolute atomic E-state index is 3.66. The van der Waals surface area contributed by atoms with E-state index >= 15 is 0 Å². The fraction of sp³-hybridized carbons (Fsp3) is 0.429. The van der Waals surface area contributed by atoms with E-state index in [2.05, 4.69) is 46.3 Å². The number of H-pyrrole nitrogens is 1. The first-order valence-electron chi connectivity index (χ1n) is 6.29. The van der Waals surface area contributed by atoms with E-state index in [1.807, 2.05) is 6.20 Å². The molecule has 3 rings (SSSR count). The largest absolute Gasteiger partial charge is 0.361 e. The number of rotatable bonds is 3. The van der Waals surface area contributed by atoms with E-state index in [0.717, 1.165) is 6.54 Å². The van der Waals surface area contributed by atoms with Crippen LogP contribution < -0.4 is 5.32 Å². The predicted octanol–water partition coefficient (Wildman–Crippen LogP) is 3.15. The third-order valence-electron chi connectivity index (χ3n) is 3.37. The minimum absolute atomic E-state index is 0.704. The van der Waals surface area contributed by atoms with Gasteiger partial charge in [-0.3, -0.25) is 0 Å². The highest BCUT2D eigenvalue weighted by molar-refractivity contribution is 7.99. The van der Waals surface area contributed by atoms with Gasteiger partial charge in [0, 0.05) is 30.1 Å². The van der Waals surface area contributed by atoms with Gasteiger partial charge in [0.25, 0.3) is 0 Å². The summed E-state index contributed by atoms with van der Waals surface area (Å²) in [5.74, 6) is 2.61. The number of nitrogens with one attached hydrogen (secondary N) is 2. The first kappa shape index (κ1) is 11.2. The summed E-state index contributed by atoms with van der Waals surface area (Å²) in [5, 5.41) is 4.97. The lowest BCUT2D eigenvalue weighted by molar-refractivity contribution is 0.508. The fourth-order valence-corrected chi connectivity index (χ4v) is 3.48. The highest BCUT2D eigenvalue weighted by Gasteiger charge is 2.12. The Morgan fingerprint density at radius 1 is 1.35 bits per heavy atom. The van der Waals surface area contributed by atoms with Crippen molar-refractivity contribution in [1.82, 2.24) is 10.3 Å². The van der Waals surface area contributed by atoms with Crippen LogP contribution in [0.15, 0.2) is 30.5 Å². The molecule has 3 heteroatoms. The summed E-state index contributed by atoms with van der Waals surface area (Å²) < 4.78 is 0. The van der Waals surface area contributed by atoms with E-state index in [1.165, 1.54) is 40.8 Å². The summed E-state index contributed by atoms with van der Waals surface area (Å²) in [6, 6.07) is 9.49. The van der Waals surface area contributed by atoms with Gasteiger partial charge in [0.1, 0.15) is 0 Å². The topological polar surface area (TPSA) is 27.8 Å². The van der Waals surface area contributed by atoms with Gasteiger partial charge in [0.05, 0.1) is 0 Å². The molecule has 1 aromatic heterocycles. The number of aromatic nitrogens is 1. The highest BCUT2D eigenvalue weighted by atomic mass is 32.2. The molecule has 1 unspecified atom stereocenters. The van der Waals surface area contributed by atoms with E-state index < -0.39 is 0 Å². The summed E-state index contributed by atoms with van der Waals surface area (Å²) in [5.41, 5.74) is 2.61. The maximum Gasteiger partial charge on any atom is 0.0454 e. The van der Waals surface area contributed by atoms with Crippen molar-refractivity contribution in [3.05, 3.63) is 36.0 Å².